The zero-order valence-corrected chi connectivity index (χ0v) is 6.97. The average Bonchev–Trinajstić information content (AvgIpc) is 2.40. The van der Waals surface area contributed by atoms with Gasteiger partial charge in [-0.05, 0) is 17.5 Å². The molecule has 1 atom stereocenters. The topological polar surface area (TPSA) is 42.9 Å². The van der Waals surface area contributed by atoms with Gasteiger partial charge in [0.2, 0.25) is 0 Å². The molecule has 0 aliphatic carbocycles. The molecule has 58 valence electrons. The van der Waals surface area contributed by atoms with Crippen molar-refractivity contribution in [3.05, 3.63) is 17.4 Å². The molecule has 0 aliphatic heterocycles. The van der Waals surface area contributed by atoms with Crippen LogP contribution in [-0.4, -0.2) is 15.3 Å². The first-order valence-corrected chi connectivity index (χ1v) is 4.07. The number of hydrogen-bond acceptors (Lipinski definition) is 4. The van der Waals surface area contributed by atoms with Crippen molar-refractivity contribution in [3.8, 4) is 0 Å². The van der Waals surface area contributed by atoms with Gasteiger partial charge in [0.25, 0.3) is 0 Å². The van der Waals surface area contributed by atoms with Crippen molar-refractivity contribution in [3.63, 3.8) is 0 Å². The molecule has 0 amide bonds. The number of rotatable bonds is 3. The zero-order valence-electron chi connectivity index (χ0n) is 6.15. The van der Waals surface area contributed by atoms with E-state index in [1.807, 2.05) is 6.92 Å². The third kappa shape index (κ3) is 2.62. The SMILES string of the molecule is CC(C=C=O)Cc1ncns1. The summed E-state index contributed by atoms with van der Waals surface area (Å²) >= 11 is 1.37. The summed E-state index contributed by atoms with van der Waals surface area (Å²) in [4.78, 5) is 13.9. The Hall–Kier alpha value is -0.990. The monoisotopic (exact) mass is 168 g/mol. The number of hydrogen-bond donors (Lipinski definition) is 0. The fraction of sp³-hybridized carbons (Fsp3) is 0.429. The summed E-state index contributed by atoms with van der Waals surface area (Å²) in [5.41, 5.74) is 0. The van der Waals surface area contributed by atoms with E-state index in [0.717, 1.165) is 11.4 Å². The zero-order chi connectivity index (χ0) is 8.10. The standard InChI is InChI=1S/C7H8N2OS/c1-6(2-3-10)4-7-8-5-9-11-7/h2,5-6H,4H2,1H3. The van der Waals surface area contributed by atoms with Gasteiger partial charge in [-0.3, -0.25) is 0 Å². The molecule has 0 radical (unpaired) electrons. The Morgan fingerprint density at radius 3 is 3.27 bits per heavy atom. The van der Waals surface area contributed by atoms with Gasteiger partial charge >= 0.3 is 0 Å². The summed E-state index contributed by atoms with van der Waals surface area (Å²) < 4.78 is 3.85. The van der Waals surface area contributed by atoms with Crippen LogP contribution in [0.2, 0.25) is 0 Å². The number of aromatic nitrogens is 2. The van der Waals surface area contributed by atoms with Gasteiger partial charge in [0.1, 0.15) is 17.3 Å². The van der Waals surface area contributed by atoms with Crippen LogP contribution in [0.4, 0.5) is 0 Å². The van der Waals surface area contributed by atoms with Crippen LogP contribution in [0.15, 0.2) is 12.4 Å². The van der Waals surface area contributed by atoms with Gasteiger partial charge in [-0.1, -0.05) is 6.92 Å². The minimum absolute atomic E-state index is 0.209. The van der Waals surface area contributed by atoms with E-state index in [4.69, 9.17) is 0 Å². The molecule has 4 heteroatoms. The molecule has 11 heavy (non-hydrogen) atoms. The van der Waals surface area contributed by atoms with E-state index < -0.39 is 0 Å². The quantitative estimate of drug-likeness (QED) is 0.635. The van der Waals surface area contributed by atoms with Crippen LogP contribution >= 0.6 is 11.5 Å². The molecule has 0 saturated carbocycles. The molecule has 1 aromatic rings. The molecular formula is C7H8N2OS. The number of nitrogens with zero attached hydrogens (tertiary/aromatic N) is 2. The number of carbonyl (C=O) groups excluding carboxylic acids is 1. The van der Waals surface area contributed by atoms with E-state index in [9.17, 15) is 4.79 Å². The molecule has 1 unspecified atom stereocenters. The second-order valence-electron chi connectivity index (χ2n) is 2.30. The maximum atomic E-state index is 9.93. The summed E-state index contributed by atoms with van der Waals surface area (Å²) in [5.74, 6) is 1.97. The Labute approximate surface area is 68.9 Å². The molecule has 0 fully saturated rings. The molecule has 0 aliphatic rings. The van der Waals surface area contributed by atoms with E-state index in [1.54, 1.807) is 5.94 Å². The summed E-state index contributed by atoms with van der Waals surface area (Å²) in [6, 6.07) is 0. The molecule has 0 spiro atoms. The van der Waals surface area contributed by atoms with Gasteiger partial charge in [-0.25, -0.2) is 9.78 Å². The van der Waals surface area contributed by atoms with E-state index in [1.165, 1.54) is 23.9 Å². The van der Waals surface area contributed by atoms with E-state index >= 15 is 0 Å². The normalized spacial score (nSPS) is 12.1. The van der Waals surface area contributed by atoms with Crippen LogP contribution < -0.4 is 0 Å². The van der Waals surface area contributed by atoms with Crippen molar-refractivity contribution in [1.29, 1.82) is 0 Å². The molecule has 1 aromatic heterocycles. The first kappa shape index (κ1) is 8.11. The second-order valence-corrected chi connectivity index (χ2v) is 3.17. The Morgan fingerprint density at radius 1 is 1.91 bits per heavy atom. The van der Waals surface area contributed by atoms with Crippen LogP contribution in [0.25, 0.3) is 0 Å². The van der Waals surface area contributed by atoms with Gasteiger partial charge in [-0.15, -0.1) is 0 Å². The Kier molecular flexibility index (Phi) is 2.95. The summed E-state index contributed by atoms with van der Waals surface area (Å²) in [7, 11) is 0. The maximum Gasteiger partial charge on any atom is 0.129 e. The minimum Gasteiger partial charge on any atom is -0.234 e. The third-order valence-electron chi connectivity index (χ3n) is 1.26. The van der Waals surface area contributed by atoms with Crippen LogP contribution in [0.1, 0.15) is 11.9 Å². The number of allylic oxidation sites excluding steroid dienone is 1. The largest absolute Gasteiger partial charge is 0.234 e. The lowest BCUT2D eigenvalue weighted by molar-refractivity contribution is 0.565. The highest BCUT2D eigenvalue weighted by Crippen LogP contribution is 2.08. The van der Waals surface area contributed by atoms with Crippen LogP contribution in [-0.2, 0) is 11.2 Å². The highest BCUT2D eigenvalue weighted by Gasteiger charge is 2.02. The predicted molar refractivity (Wildman–Crippen MR) is 43.0 cm³/mol. The fourth-order valence-corrected chi connectivity index (χ4v) is 1.38. The first-order valence-electron chi connectivity index (χ1n) is 3.29. The second kappa shape index (κ2) is 4.01. The van der Waals surface area contributed by atoms with Gasteiger partial charge < -0.3 is 0 Å². The van der Waals surface area contributed by atoms with Crippen molar-refractivity contribution >= 4 is 17.5 Å². The van der Waals surface area contributed by atoms with Crippen molar-refractivity contribution in [2.75, 3.05) is 0 Å². The Morgan fingerprint density at radius 2 is 2.73 bits per heavy atom. The maximum absolute atomic E-state index is 9.93. The third-order valence-corrected chi connectivity index (χ3v) is 1.94. The fourth-order valence-electron chi connectivity index (χ4n) is 0.736. The first-order chi connectivity index (χ1) is 5.33. The lowest BCUT2D eigenvalue weighted by Gasteiger charge is -1.97. The summed E-state index contributed by atoms with van der Waals surface area (Å²) in [6.07, 6.45) is 3.80. The van der Waals surface area contributed by atoms with Crippen molar-refractivity contribution < 1.29 is 4.79 Å². The lowest BCUT2D eigenvalue weighted by Crippen LogP contribution is -1.94. The molecule has 0 N–H and O–H groups in total. The van der Waals surface area contributed by atoms with Crippen molar-refractivity contribution in [1.82, 2.24) is 9.36 Å². The van der Waals surface area contributed by atoms with Crippen molar-refractivity contribution in [2.24, 2.45) is 5.92 Å². The molecule has 0 bridgehead atoms. The van der Waals surface area contributed by atoms with E-state index in [-0.39, 0.29) is 5.92 Å². The van der Waals surface area contributed by atoms with E-state index in [2.05, 4.69) is 9.36 Å². The molecule has 0 aromatic carbocycles. The van der Waals surface area contributed by atoms with Crippen LogP contribution in [0.3, 0.4) is 0 Å². The highest BCUT2D eigenvalue weighted by atomic mass is 32.1. The van der Waals surface area contributed by atoms with Crippen LogP contribution in [0.5, 0.6) is 0 Å². The molecule has 0 saturated heterocycles. The minimum atomic E-state index is 0.209. The molecule has 1 heterocycles. The van der Waals surface area contributed by atoms with Gasteiger partial charge in [0, 0.05) is 12.5 Å². The lowest BCUT2D eigenvalue weighted by atomic mass is 10.1. The van der Waals surface area contributed by atoms with Gasteiger partial charge in [0.15, 0.2) is 0 Å². The molecule has 1 rings (SSSR count). The summed E-state index contributed by atoms with van der Waals surface area (Å²) in [6.45, 7) is 1.95. The van der Waals surface area contributed by atoms with Crippen LogP contribution in [0, 0.1) is 5.92 Å². The van der Waals surface area contributed by atoms with E-state index in [0.29, 0.717) is 0 Å². The summed E-state index contributed by atoms with van der Waals surface area (Å²) in [5, 5.41) is 0.962. The smallest absolute Gasteiger partial charge is 0.129 e. The Balaban J connectivity index is 2.49. The molecular weight excluding hydrogens is 160 g/mol. The molecule has 3 nitrogen and oxygen atoms in total. The van der Waals surface area contributed by atoms with Gasteiger partial charge in [-0.2, -0.15) is 4.37 Å². The van der Waals surface area contributed by atoms with Crippen molar-refractivity contribution in [2.45, 2.75) is 13.3 Å². The average molecular weight is 168 g/mol. The highest BCUT2D eigenvalue weighted by molar-refractivity contribution is 7.05. The van der Waals surface area contributed by atoms with Gasteiger partial charge in [0.05, 0.1) is 0 Å². The Bertz CT molecular complexity index is 251. The predicted octanol–water partition coefficient (Wildman–Crippen LogP) is 1.10.